The van der Waals surface area contributed by atoms with Gasteiger partial charge in [-0.05, 0) is 31.0 Å². The van der Waals surface area contributed by atoms with Gasteiger partial charge in [-0.1, -0.05) is 12.1 Å². The van der Waals surface area contributed by atoms with Crippen molar-refractivity contribution >= 4 is 16.5 Å². The minimum atomic E-state index is -4.65. The molecule has 0 amide bonds. The predicted molar refractivity (Wildman–Crippen MR) is 92.1 cm³/mol. The molecule has 1 aromatic carbocycles. The molecule has 2 heterocycles. The van der Waals surface area contributed by atoms with Crippen LogP contribution in [0.4, 0.5) is 18.3 Å². The average Bonchev–Trinajstić information content (AvgIpc) is 2.84. The van der Waals surface area contributed by atoms with E-state index >= 15 is 0 Å². The van der Waals surface area contributed by atoms with Crippen molar-refractivity contribution in [3.63, 3.8) is 0 Å². The number of halogens is 3. The molecule has 0 unspecified atom stereocenters. The lowest BCUT2D eigenvalue weighted by Crippen LogP contribution is -2.30. The Labute approximate surface area is 148 Å². The Bertz CT molecular complexity index is 687. The molecule has 4 nitrogen and oxygen atoms in total. The summed E-state index contributed by atoms with van der Waals surface area (Å²) in [6.45, 7) is 6.46. The van der Waals surface area contributed by atoms with Gasteiger partial charge in [0.2, 0.25) is 0 Å². The van der Waals surface area contributed by atoms with E-state index in [4.69, 9.17) is 0 Å². The zero-order valence-electron chi connectivity index (χ0n) is 13.9. The van der Waals surface area contributed by atoms with Crippen molar-refractivity contribution < 1.29 is 17.9 Å². The third kappa shape index (κ3) is 5.34. The minimum absolute atomic E-state index is 0.183. The van der Waals surface area contributed by atoms with Crippen LogP contribution in [0.25, 0.3) is 0 Å². The summed E-state index contributed by atoms with van der Waals surface area (Å²) < 4.78 is 40.5. The van der Waals surface area contributed by atoms with Crippen LogP contribution in [0, 0.1) is 6.92 Å². The van der Waals surface area contributed by atoms with E-state index < -0.39 is 6.36 Å². The average molecular weight is 371 g/mol. The summed E-state index contributed by atoms with van der Waals surface area (Å²) in [5, 5.41) is 3.12. The van der Waals surface area contributed by atoms with Crippen molar-refractivity contribution in [3.8, 4) is 5.75 Å². The van der Waals surface area contributed by atoms with Gasteiger partial charge in [0.25, 0.3) is 0 Å². The standard InChI is InChI=1S/C17H20F3N3OS/c1-13-12-25-16(21-13)23-8-2-7-22(9-10-23)11-14-3-5-15(6-4-14)24-17(18,19)20/h3-6,12H,2,7-11H2,1H3. The second-order valence-electron chi connectivity index (χ2n) is 6.08. The van der Waals surface area contributed by atoms with Gasteiger partial charge in [0, 0.05) is 38.1 Å². The van der Waals surface area contributed by atoms with E-state index in [-0.39, 0.29) is 5.75 Å². The number of aryl methyl sites for hydroxylation is 1. The van der Waals surface area contributed by atoms with Crippen molar-refractivity contribution in [2.45, 2.75) is 26.3 Å². The number of alkyl halides is 3. The number of hydrogen-bond donors (Lipinski definition) is 0. The van der Waals surface area contributed by atoms with Crippen LogP contribution in [0.15, 0.2) is 29.6 Å². The fraction of sp³-hybridized carbons (Fsp3) is 0.471. The Kier molecular flexibility index (Phi) is 5.48. The highest BCUT2D eigenvalue weighted by Crippen LogP contribution is 2.24. The zero-order chi connectivity index (χ0) is 17.9. The molecule has 0 atom stereocenters. The molecule has 0 spiro atoms. The van der Waals surface area contributed by atoms with E-state index in [2.05, 4.69) is 24.9 Å². The highest BCUT2D eigenvalue weighted by molar-refractivity contribution is 7.13. The number of thiazole rings is 1. The van der Waals surface area contributed by atoms with Gasteiger partial charge in [0.05, 0.1) is 5.69 Å². The molecule has 1 aliphatic rings. The first-order valence-corrected chi connectivity index (χ1v) is 9.01. The number of hydrogen-bond acceptors (Lipinski definition) is 5. The highest BCUT2D eigenvalue weighted by atomic mass is 32.1. The van der Waals surface area contributed by atoms with E-state index in [1.165, 1.54) is 12.1 Å². The molecule has 8 heteroatoms. The Morgan fingerprint density at radius 1 is 1.12 bits per heavy atom. The van der Waals surface area contributed by atoms with Crippen molar-refractivity contribution in [2.24, 2.45) is 0 Å². The third-order valence-electron chi connectivity index (χ3n) is 4.03. The summed E-state index contributed by atoms with van der Waals surface area (Å²) in [6, 6.07) is 6.11. The Morgan fingerprint density at radius 3 is 2.52 bits per heavy atom. The fourth-order valence-corrected chi connectivity index (χ4v) is 3.72. The quantitative estimate of drug-likeness (QED) is 0.810. The van der Waals surface area contributed by atoms with Gasteiger partial charge in [0.15, 0.2) is 5.13 Å². The molecule has 136 valence electrons. The first-order valence-electron chi connectivity index (χ1n) is 8.13. The maximum atomic E-state index is 12.2. The monoisotopic (exact) mass is 371 g/mol. The molecule has 0 bridgehead atoms. The molecule has 0 saturated carbocycles. The van der Waals surface area contributed by atoms with Crippen LogP contribution >= 0.6 is 11.3 Å². The number of ether oxygens (including phenoxy) is 1. The molecule has 0 aliphatic carbocycles. The van der Waals surface area contributed by atoms with Gasteiger partial charge in [-0.3, -0.25) is 4.90 Å². The number of benzene rings is 1. The van der Waals surface area contributed by atoms with Gasteiger partial charge < -0.3 is 9.64 Å². The molecule has 1 aliphatic heterocycles. The Hall–Kier alpha value is -1.80. The summed E-state index contributed by atoms with van der Waals surface area (Å²) in [6.07, 6.45) is -3.61. The molecule has 0 N–H and O–H groups in total. The van der Waals surface area contributed by atoms with Crippen LogP contribution in [-0.4, -0.2) is 42.4 Å². The van der Waals surface area contributed by atoms with Gasteiger partial charge in [-0.15, -0.1) is 24.5 Å². The second kappa shape index (κ2) is 7.61. The fourth-order valence-electron chi connectivity index (χ4n) is 2.86. The highest BCUT2D eigenvalue weighted by Gasteiger charge is 2.31. The van der Waals surface area contributed by atoms with E-state index in [0.29, 0.717) is 0 Å². The maximum Gasteiger partial charge on any atom is 0.573 e. The molecule has 2 aromatic rings. The predicted octanol–water partition coefficient (Wildman–Crippen LogP) is 4.06. The summed E-state index contributed by atoms with van der Waals surface area (Å²) in [5.74, 6) is -0.183. The third-order valence-corrected chi connectivity index (χ3v) is 5.05. The number of rotatable bonds is 4. The van der Waals surface area contributed by atoms with Crippen LogP contribution in [0.3, 0.4) is 0 Å². The summed E-state index contributed by atoms with van der Waals surface area (Å²) in [5.41, 5.74) is 2.02. The summed E-state index contributed by atoms with van der Waals surface area (Å²) >= 11 is 1.67. The molecular weight excluding hydrogens is 351 g/mol. The maximum absolute atomic E-state index is 12.2. The minimum Gasteiger partial charge on any atom is -0.406 e. The lowest BCUT2D eigenvalue weighted by Gasteiger charge is -2.21. The Balaban J connectivity index is 1.55. The van der Waals surface area contributed by atoms with Gasteiger partial charge in [-0.2, -0.15) is 0 Å². The molecule has 1 aromatic heterocycles. The van der Waals surface area contributed by atoms with Crippen molar-refractivity contribution in [3.05, 3.63) is 40.9 Å². The first-order chi connectivity index (χ1) is 11.9. The van der Waals surface area contributed by atoms with Gasteiger partial charge in [-0.25, -0.2) is 4.98 Å². The van der Waals surface area contributed by atoms with Crippen LogP contribution in [0.1, 0.15) is 17.7 Å². The van der Waals surface area contributed by atoms with Crippen molar-refractivity contribution in [2.75, 3.05) is 31.1 Å². The van der Waals surface area contributed by atoms with Crippen LogP contribution < -0.4 is 9.64 Å². The van der Waals surface area contributed by atoms with E-state index in [1.807, 2.05) is 6.92 Å². The van der Waals surface area contributed by atoms with Crippen LogP contribution in [0.5, 0.6) is 5.75 Å². The Morgan fingerprint density at radius 2 is 1.88 bits per heavy atom. The topological polar surface area (TPSA) is 28.6 Å². The summed E-state index contributed by atoms with van der Waals surface area (Å²) in [7, 11) is 0. The van der Waals surface area contributed by atoms with E-state index in [9.17, 15) is 13.2 Å². The van der Waals surface area contributed by atoms with E-state index in [1.54, 1.807) is 23.5 Å². The number of nitrogens with zero attached hydrogens (tertiary/aromatic N) is 3. The smallest absolute Gasteiger partial charge is 0.406 e. The van der Waals surface area contributed by atoms with Gasteiger partial charge in [0.1, 0.15) is 5.75 Å². The van der Waals surface area contributed by atoms with Crippen molar-refractivity contribution in [1.29, 1.82) is 0 Å². The largest absolute Gasteiger partial charge is 0.573 e. The molecule has 3 rings (SSSR count). The van der Waals surface area contributed by atoms with Crippen LogP contribution in [-0.2, 0) is 6.54 Å². The molecule has 1 saturated heterocycles. The zero-order valence-corrected chi connectivity index (χ0v) is 14.7. The summed E-state index contributed by atoms with van der Waals surface area (Å²) in [4.78, 5) is 9.17. The van der Waals surface area contributed by atoms with E-state index in [0.717, 1.165) is 55.5 Å². The number of aromatic nitrogens is 1. The van der Waals surface area contributed by atoms with Crippen molar-refractivity contribution in [1.82, 2.24) is 9.88 Å². The lowest BCUT2D eigenvalue weighted by molar-refractivity contribution is -0.274. The first kappa shape index (κ1) is 18.0. The SMILES string of the molecule is Cc1csc(N2CCCN(Cc3ccc(OC(F)(F)F)cc3)CC2)n1. The normalized spacial score (nSPS) is 16.7. The lowest BCUT2D eigenvalue weighted by atomic mass is 10.2. The molecule has 1 fully saturated rings. The molecular formula is C17H20F3N3OS. The van der Waals surface area contributed by atoms with Crippen LogP contribution in [0.2, 0.25) is 0 Å². The second-order valence-corrected chi connectivity index (χ2v) is 6.92. The number of anilines is 1. The molecule has 0 radical (unpaired) electrons. The van der Waals surface area contributed by atoms with Gasteiger partial charge >= 0.3 is 6.36 Å². The molecule has 25 heavy (non-hydrogen) atoms.